The first-order chi connectivity index (χ1) is 21.0. The molecule has 4 aromatic rings. The number of carbonyl (C=O) groups is 2. The minimum absolute atomic E-state index is 0.271. The van der Waals surface area contributed by atoms with Crippen LogP contribution in [0.5, 0.6) is 5.75 Å². The highest BCUT2D eigenvalue weighted by Crippen LogP contribution is 2.33. The van der Waals surface area contributed by atoms with Gasteiger partial charge in [0.25, 0.3) is 5.56 Å². The van der Waals surface area contributed by atoms with Crippen LogP contribution in [0.2, 0.25) is 5.02 Å². The second-order valence-electron chi connectivity index (χ2n) is 10.7. The van der Waals surface area contributed by atoms with Crippen molar-refractivity contribution in [1.29, 1.82) is 0 Å². The Morgan fingerprint density at radius 1 is 1.02 bits per heavy atom. The van der Waals surface area contributed by atoms with Crippen molar-refractivity contribution in [3.63, 3.8) is 0 Å². The fourth-order valence-electron chi connectivity index (χ4n) is 4.87. The number of thiazole rings is 1. The van der Waals surface area contributed by atoms with E-state index in [1.165, 1.54) is 15.9 Å². The van der Waals surface area contributed by atoms with Crippen LogP contribution in [0, 0.1) is 0 Å². The summed E-state index contributed by atoms with van der Waals surface area (Å²) in [6, 6.07) is 14.6. The quantitative estimate of drug-likeness (QED) is 0.230. The van der Waals surface area contributed by atoms with Crippen molar-refractivity contribution in [2.75, 3.05) is 7.11 Å². The van der Waals surface area contributed by atoms with E-state index in [-0.39, 0.29) is 23.3 Å². The van der Waals surface area contributed by atoms with E-state index in [9.17, 15) is 14.4 Å². The second-order valence-corrected chi connectivity index (χ2v) is 12.1. The van der Waals surface area contributed by atoms with Crippen LogP contribution in [-0.4, -0.2) is 35.8 Å². The second kappa shape index (κ2) is 12.7. The molecule has 11 heteroatoms. The number of aromatic nitrogens is 1. The zero-order chi connectivity index (χ0) is 31.7. The highest BCUT2D eigenvalue weighted by molar-refractivity contribution is 7.07. The molecule has 0 N–H and O–H groups in total. The molecule has 0 unspecified atom stereocenters. The molecule has 1 atom stereocenters. The van der Waals surface area contributed by atoms with Gasteiger partial charge in [0.05, 0.1) is 46.7 Å². The Morgan fingerprint density at radius 2 is 1.75 bits per heavy atom. The Labute approximate surface area is 262 Å². The normalized spacial score (nSPS) is 14.9. The third-order valence-electron chi connectivity index (χ3n) is 6.70. The van der Waals surface area contributed by atoms with E-state index in [1.807, 2.05) is 6.07 Å². The molecule has 3 heterocycles. The summed E-state index contributed by atoms with van der Waals surface area (Å²) in [7, 11) is 1.55. The van der Waals surface area contributed by atoms with Crippen molar-refractivity contribution in [3.05, 3.63) is 107 Å². The van der Waals surface area contributed by atoms with Gasteiger partial charge in [0.15, 0.2) is 4.80 Å². The average Bonchev–Trinajstić information content (AvgIpc) is 3.55. The van der Waals surface area contributed by atoms with Crippen LogP contribution in [0.15, 0.2) is 80.1 Å². The van der Waals surface area contributed by atoms with E-state index in [2.05, 4.69) is 4.99 Å². The maximum absolute atomic E-state index is 14.0. The van der Waals surface area contributed by atoms with E-state index in [0.29, 0.717) is 54.0 Å². The van der Waals surface area contributed by atoms with Gasteiger partial charge in [-0.25, -0.2) is 14.6 Å². The predicted octanol–water partition coefficient (Wildman–Crippen LogP) is 5.67. The fourth-order valence-corrected chi connectivity index (χ4v) is 6.07. The third kappa shape index (κ3) is 6.27. The Morgan fingerprint density at radius 3 is 2.45 bits per heavy atom. The number of ether oxygens (including phenoxy) is 3. The Kier molecular flexibility index (Phi) is 8.94. The number of benzene rings is 2. The summed E-state index contributed by atoms with van der Waals surface area (Å²) in [5.74, 6) is 0.286. The van der Waals surface area contributed by atoms with Crippen LogP contribution in [0.1, 0.15) is 62.3 Å². The molecule has 5 rings (SSSR count). The first-order valence-electron chi connectivity index (χ1n) is 13.9. The third-order valence-corrected chi connectivity index (χ3v) is 7.92. The van der Waals surface area contributed by atoms with Crippen molar-refractivity contribution < 1.29 is 28.2 Å². The summed E-state index contributed by atoms with van der Waals surface area (Å²) in [6.07, 6.45) is 0.943. The zero-order valence-corrected chi connectivity index (χ0v) is 26.6. The van der Waals surface area contributed by atoms with Gasteiger partial charge in [-0.3, -0.25) is 9.36 Å². The molecule has 0 fully saturated rings. The molecule has 1 aliphatic heterocycles. The fraction of sp³-hybridized carbons (Fsp3) is 0.273. The van der Waals surface area contributed by atoms with Crippen molar-refractivity contribution in [2.45, 2.75) is 52.9 Å². The van der Waals surface area contributed by atoms with Crippen LogP contribution in [0.3, 0.4) is 0 Å². The number of methoxy groups -OCH3 is 1. The molecular formula is C33H31ClN2O7S. The number of allylic oxidation sites excluding steroid dienone is 1. The topological polar surface area (TPSA) is 109 Å². The zero-order valence-electron chi connectivity index (χ0n) is 25.0. The summed E-state index contributed by atoms with van der Waals surface area (Å²) in [6.45, 7) is 8.80. The summed E-state index contributed by atoms with van der Waals surface area (Å²) < 4.78 is 24.3. The molecule has 0 amide bonds. The van der Waals surface area contributed by atoms with Crippen LogP contribution in [0.25, 0.3) is 17.4 Å². The molecule has 2 aromatic heterocycles. The Hall–Kier alpha value is -4.41. The van der Waals surface area contributed by atoms with E-state index >= 15 is 0 Å². The average molecular weight is 635 g/mol. The Bertz CT molecular complexity index is 1970. The number of rotatable bonds is 8. The highest BCUT2D eigenvalue weighted by atomic mass is 35.5. The van der Waals surface area contributed by atoms with Gasteiger partial charge in [-0.2, -0.15) is 0 Å². The number of nitrogens with zero attached hydrogens (tertiary/aromatic N) is 2. The van der Waals surface area contributed by atoms with Gasteiger partial charge >= 0.3 is 11.9 Å². The molecule has 0 radical (unpaired) electrons. The largest absolute Gasteiger partial charge is 0.497 e. The van der Waals surface area contributed by atoms with Crippen molar-refractivity contribution in [3.8, 4) is 17.1 Å². The molecule has 1 aliphatic rings. The molecule has 2 aromatic carbocycles. The van der Waals surface area contributed by atoms with Gasteiger partial charge in [0, 0.05) is 16.7 Å². The molecular weight excluding hydrogens is 604 g/mol. The van der Waals surface area contributed by atoms with E-state index < -0.39 is 18.0 Å². The first-order valence-corrected chi connectivity index (χ1v) is 15.1. The molecule has 44 heavy (non-hydrogen) atoms. The van der Waals surface area contributed by atoms with E-state index in [4.69, 9.17) is 30.2 Å². The van der Waals surface area contributed by atoms with E-state index in [1.54, 1.807) is 96.3 Å². The molecule has 0 saturated heterocycles. The van der Waals surface area contributed by atoms with Gasteiger partial charge in [-0.05, 0) is 82.6 Å². The van der Waals surface area contributed by atoms with Crippen LogP contribution >= 0.6 is 22.9 Å². The summed E-state index contributed by atoms with van der Waals surface area (Å²) in [5.41, 5.74) is 1.81. The lowest BCUT2D eigenvalue weighted by atomic mass is 9.95. The van der Waals surface area contributed by atoms with Crippen LogP contribution in [0.4, 0.5) is 0 Å². The van der Waals surface area contributed by atoms with Crippen LogP contribution in [-0.2, 0) is 14.3 Å². The molecule has 0 saturated carbocycles. The first kappa shape index (κ1) is 31.0. The van der Waals surface area contributed by atoms with Gasteiger partial charge in [-0.1, -0.05) is 35.1 Å². The number of esters is 2. The number of fused-ring (bicyclic) bond motifs is 1. The van der Waals surface area contributed by atoms with Crippen LogP contribution < -0.4 is 19.6 Å². The minimum Gasteiger partial charge on any atom is -0.497 e. The highest BCUT2D eigenvalue weighted by Gasteiger charge is 2.34. The van der Waals surface area contributed by atoms with E-state index in [0.717, 1.165) is 0 Å². The lowest BCUT2D eigenvalue weighted by Crippen LogP contribution is -2.40. The lowest BCUT2D eigenvalue weighted by molar-refractivity contribution is -0.143. The van der Waals surface area contributed by atoms with Crippen molar-refractivity contribution >= 4 is 41.0 Å². The summed E-state index contributed by atoms with van der Waals surface area (Å²) >= 11 is 7.42. The summed E-state index contributed by atoms with van der Waals surface area (Å²) in [4.78, 5) is 45.1. The molecule has 228 valence electrons. The molecule has 0 spiro atoms. The predicted molar refractivity (Wildman–Crippen MR) is 168 cm³/mol. The minimum atomic E-state index is -0.789. The SMILES string of the molecule is COc1cccc([C@@H]2C(C(=O)OC(C)C)=C(C)N=c3s/c(=C\c4ccc(-c5cc(Cl)ccc5C(=O)OC(C)C)o4)c(=O)n32)c1. The lowest BCUT2D eigenvalue weighted by Gasteiger charge is -2.25. The van der Waals surface area contributed by atoms with Gasteiger partial charge in [-0.15, -0.1) is 0 Å². The standard InChI is InChI=1S/C33H31ClN2O7S/c1-17(2)41-31(38)24-12-10-21(34)15-25(24)26-13-11-23(43-26)16-27-30(37)36-29(20-8-7-9-22(14-20)40-6)28(32(39)42-18(3)4)19(5)35-33(36)44-27/h7-18,29H,1-6H3/b27-16-/t29-/m1/s1. The number of halogens is 1. The van der Waals surface area contributed by atoms with Gasteiger partial charge in [0.1, 0.15) is 17.3 Å². The monoisotopic (exact) mass is 634 g/mol. The Balaban J connectivity index is 1.61. The smallest absolute Gasteiger partial charge is 0.339 e. The van der Waals surface area contributed by atoms with Gasteiger partial charge < -0.3 is 18.6 Å². The van der Waals surface area contributed by atoms with Gasteiger partial charge in [0.2, 0.25) is 0 Å². The maximum Gasteiger partial charge on any atom is 0.339 e. The summed E-state index contributed by atoms with van der Waals surface area (Å²) in [5, 5.41) is 0.423. The number of hydrogen-bond donors (Lipinski definition) is 0. The van der Waals surface area contributed by atoms with Crippen molar-refractivity contribution in [2.24, 2.45) is 4.99 Å². The maximum atomic E-state index is 14.0. The van der Waals surface area contributed by atoms with Crippen molar-refractivity contribution in [1.82, 2.24) is 4.57 Å². The number of hydrogen-bond acceptors (Lipinski definition) is 9. The number of furan rings is 1. The molecule has 0 bridgehead atoms. The molecule has 9 nitrogen and oxygen atoms in total. The molecule has 0 aliphatic carbocycles. The number of carbonyl (C=O) groups excluding carboxylic acids is 2.